The van der Waals surface area contributed by atoms with Crippen LogP contribution in [0.3, 0.4) is 0 Å². The molecule has 0 saturated carbocycles. The lowest BCUT2D eigenvalue weighted by Gasteiger charge is -2.19. The normalized spacial score (nSPS) is 14.8. The van der Waals surface area contributed by atoms with Gasteiger partial charge in [-0.25, -0.2) is 9.97 Å². The molecule has 0 aromatic carbocycles. The molecule has 0 spiro atoms. The second-order valence-corrected chi connectivity index (χ2v) is 4.50. The molecule has 3 nitrogen and oxygen atoms in total. The van der Waals surface area contributed by atoms with E-state index in [1.807, 2.05) is 26.2 Å². The first-order chi connectivity index (χ1) is 7.67. The summed E-state index contributed by atoms with van der Waals surface area (Å²) < 4.78 is 0. The third-order valence-corrected chi connectivity index (χ3v) is 2.92. The molecule has 0 aliphatic rings. The highest BCUT2D eigenvalue weighted by atomic mass is 14.9. The molecular weight excluding hydrogens is 198 g/mol. The van der Waals surface area contributed by atoms with Gasteiger partial charge in [-0.1, -0.05) is 26.7 Å². The van der Waals surface area contributed by atoms with Gasteiger partial charge < -0.3 is 5.32 Å². The minimum absolute atomic E-state index is 0.350. The van der Waals surface area contributed by atoms with Gasteiger partial charge in [0.15, 0.2) is 0 Å². The molecule has 0 saturated heterocycles. The van der Waals surface area contributed by atoms with Crippen LogP contribution in [0.5, 0.6) is 0 Å². The number of hydrogen-bond acceptors (Lipinski definition) is 3. The van der Waals surface area contributed by atoms with Gasteiger partial charge >= 0.3 is 0 Å². The van der Waals surface area contributed by atoms with Gasteiger partial charge in [0.05, 0.1) is 5.69 Å². The fourth-order valence-electron chi connectivity index (χ4n) is 2.07. The van der Waals surface area contributed by atoms with Crippen molar-refractivity contribution in [3.05, 3.63) is 23.8 Å². The van der Waals surface area contributed by atoms with E-state index in [1.54, 1.807) is 0 Å². The van der Waals surface area contributed by atoms with Crippen LogP contribution in [-0.4, -0.2) is 17.0 Å². The molecule has 2 atom stereocenters. The molecule has 2 unspecified atom stereocenters. The van der Waals surface area contributed by atoms with E-state index in [0.717, 1.165) is 23.9 Å². The summed E-state index contributed by atoms with van der Waals surface area (Å²) in [4.78, 5) is 8.62. The molecule has 90 valence electrons. The summed E-state index contributed by atoms with van der Waals surface area (Å²) in [5.41, 5.74) is 1.11. The maximum Gasteiger partial charge on any atom is 0.125 e. The van der Waals surface area contributed by atoms with Crippen LogP contribution in [0.4, 0.5) is 0 Å². The minimum Gasteiger partial charge on any atom is -0.312 e. The van der Waals surface area contributed by atoms with Gasteiger partial charge in [0.1, 0.15) is 5.82 Å². The van der Waals surface area contributed by atoms with Gasteiger partial charge in [-0.05, 0) is 32.4 Å². The lowest BCUT2D eigenvalue weighted by atomic mass is 9.95. The van der Waals surface area contributed by atoms with Gasteiger partial charge in [0.25, 0.3) is 0 Å². The minimum atomic E-state index is 0.350. The number of aromatic nitrogens is 2. The Morgan fingerprint density at radius 1 is 1.44 bits per heavy atom. The van der Waals surface area contributed by atoms with Crippen molar-refractivity contribution >= 4 is 0 Å². The number of nitrogens with zero attached hydrogens (tertiary/aromatic N) is 2. The zero-order chi connectivity index (χ0) is 12.0. The molecule has 1 aromatic heterocycles. The number of rotatable bonds is 6. The summed E-state index contributed by atoms with van der Waals surface area (Å²) >= 11 is 0. The second kappa shape index (κ2) is 6.59. The fourth-order valence-corrected chi connectivity index (χ4v) is 2.07. The molecule has 0 radical (unpaired) electrons. The van der Waals surface area contributed by atoms with Crippen LogP contribution in [0.15, 0.2) is 12.3 Å². The van der Waals surface area contributed by atoms with E-state index in [2.05, 4.69) is 29.1 Å². The first-order valence-corrected chi connectivity index (χ1v) is 6.14. The molecule has 0 bridgehead atoms. The number of aryl methyl sites for hydroxylation is 1. The van der Waals surface area contributed by atoms with E-state index >= 15 is 0 Å². The highest BCUT2D eigenvalue weighted by molar-refractivity contribution is 5.07. The van der Waals surface area contributed by atoms with Crippen LogP contribution in [0.1, 0.15) is 50.7 Å². The standard InChI is InChI=1S/C13H23N3/c1-5-6-10(2)9-13(14-4)12-7-8-15-11(3)16-12/h7-8,10,13-14H,5-6,9H2,1-4H3. The van der Waals surface area contributed by atoms with Gasteiger partial charge in [-0.2, -0.15) is 0 Å². The van der Waals surface area contributed by atoms with Crippen molar-refractivity contribution < 1.29 is 0 Å². The smallest absolute Gasteiger partial charge is 0.125 e. The largest absolute Gasteiger partial charge is 0.312 e. The summed E-state index contributed by atoms with van der Waals surface area (Å²) in [7, 11) is 2.00. The van der Waals surface area contributed by atoms with E-state index in [4.69, 9.17) is 0 Å². The van der Waals surface area contributed by atoms with E-state index < -0.39 is 0 Å². The van der Waals surface area contributed by atoms with Crippen LogP contribution < -0.4 is 5.32 Å². The SMILES string of the molecule is CCCC(C)CC(NC)c1ccnc(C)n1. The van der Waals surface area contributed by atoms with Crippen LogP contribution >= 0.6 is 0 Å². The Bertz CT molecular complexity index is 312. The van der Waals surface area contributed by atoms with Crippen molar-refractivity contribution in [2.45, 2.75) is 46.1 Å². The van der Waals surface area contributed by atoms with Crippen LogP contribution in [0, 0.1) is 12.8 Å². The molecule has 1 N–H and O–H groups in total. The first kappa shape index (κ1) is 13.1. The molecule has 3 heteroatoms. The molecule has 1 aromatic rings. The van der Waals surface area contributed by atoms with E-state index in [0.29, 0.717) is 6.04 Å². The average molecular weight is 221 g/mol. The van der Waals surface area contributed by atoms with Gasteiger partial charge in [-0.3, -0.25) is 0 Å². The van der Waals surface area contributed by atoms with Gasteiger partial charge in [0, 0.05) is 12.2 Å². The maximum absolute atomic E-state index is 4.48. The predicted molar refractivity (Wildman–Crippen MR) is 67.3 cm³/mol. The van der Waals surface area contributed by atoms with Crippen LogP contribution in [0.25, 0.3) is 0 Å². The van der Waals surface area contributed by atoms with Crippen molar-refractivity contribution in [1.29, 1.82) is 0 Å². The van der Waals surface area contributed by atoms with Crippen LogP contribution in [0.2, 0.25) is 0 Å². The summed E-state index contributed by atoms with van der Waals surface area (Å²) in [6, 6.07) is 2.36. The molecule has 0 aliphatic carbocycles. The molecule has 0 amide bonds. The van der Waals surface area contributed by atoms with Crippen LogP contribution in [-0.2, 0) is 0 Å². The highest BCUT2D eigenvalue weighted by Gasteiger charge is 2.14. The Labute approximate surface area is 98.7 Å². The zero-order valence-electron chi connectivity index (χ0n) is 10.8. The Kier molecular flexibility index (Phi) is 5.39. The van der Waals surface area contributed by atoms with Crippen molar-refractivity contribution in [1.82, 2.24) is 15.3 Å². The molecular formula is C13H23N3. The molecule has 1 heterocycles. The highest BCUT2D eigenvalue weighted by Crippen LogP contribution is 2.21. The zero-order valence-corrected chi connectivity index (χ0v) is 10.8. The topological polar surface area (TPSA) is 37.8 Å². The third-order valence-electron chi connectivity index (χ3n) is 2.92. The Morgan fingerprint density at radius 3 is 2.75 bits per heavy atom. The van der Waals surface area contributed by atoms with Crippen molar-refractivity contribution in [2.75, 3.05) is 7.05 Å². The second-order valence-electron chi connectivity index (χ2n) is 4.50. The van der Waals surface area contributed by atoms with E-state index in [1.165, 1.54) is 12.8 Å². The lowest BCUT2D eigenvalue weighted by Crippen LogP contribution is -2.20. The number of nitrogens with one attached hydrogen (secondary N) is 1. The Morgan fingerprint density at radius 2 is 2.19 bits per heavy atom. The van der Waals surface area contributed by atoms with Crippen molar-refractivity contribution in [3.63, 3.8) is 0 Å². The molecule has 0 fully saturated rings. The van der Waals surface area contributed by atoms with Crippen molar-refractivity contribution in [3.8, 4) is 0 Å². The summed E-state index contributed by atoms with van der Waals surface area (Å²) in [6.07, 6.45) is 5.51. The fraction of sp³-hybridized carbons (Fsp3) is 0.692. The third kappa shape index (κ3) is 3.89. The average Bonchev–Trinajstić information content (AvgIpc) is 2.26. The summed E-state index contributed by atoms with van der Waals surface area (Å²) in [6.45, 7) is 6.48. The monoisotopic (exact) mass is 221 g/mol. The van der Waals surface area contributed by atoms with E-state index in [-0.39, 0.29) is 0 Å². The molecule has 0 aliphatic heterocycles. The maximum atomic E-state index is 4.48. The summed E-state index contributed by atoms with van der Waals surface area (Å²) in [5.74, 6) is 1.58. The van der Waals surface area contributed by atoms with Gasteiger partial charge in [-0.15, -0.1) is 0 Å². The molecule has 16 heavy (non-hydrogen) atoms. The quantitative estimate of drug-likeness (QED) is 0.802. The first-order valence-electron chi connectivity index (χ1n) is 6.14. The summed E-state index contributed by atoms with van der Waals surface area (Å²) in [5, 5.41) is 3.34. The van der Waals surface area contributed by atoms with E-state index in [9.17, 15) is 0 Å². The predicted octanol–water partition coefficient (Wildman–Crippen LogP) is 2.87. The van der Waals surface area contributed by atoms with Crippen molar-refractivity contribution in [2.24, 2.45) is 5.92 Å². The molecule has 1 rings (SSSR count). The number of hydrogen-bond donors (Lipinski definition) is 1. The van der Waals surface area contributed by atoms with Gasteiger partial charge in [0.2, 0.25) is 0 Å². The Hall–Kier alpha value is -0.960. The Balaban J connectivity index is 2.67. The lowest BCUT2D eigenvalue weighted by molar-refractivity contribution is 0.401.